The number of nitrogens with zero attached hydrogens (tertiary/aromatic N) is 4. The van der Waals surface area contributed by atoms with Gasteiger partial charge in [-0.25, -0.2) is 14.6 Å². The summed E-state index contributed by atoms with van der Waals surface area (Å²) in [6.07, 6.45) is 1.28. The topological polar surface area (TPSA) is 102 Å². The standard InChI is InChI=1S/C19H22N4O5S/c1-3-27-19(26)23-10-8-22(9-11-23)15(24)12-28-18(25)16-13(2)21-17(29-16)14-6-4-5-7-20-14/h4-7H,3,8-12H2,1-2H3. The number of thiazole rings is 1. The first kappa shape index (κ1) is 20.7. The van der Waals surface area contributed by atoms with E-state index < -0.39 is 5.97 Å². The van der Waals surface area contributed by atoms with E-state index >= 15 is 0 Å². The van der Waals surface area contributed by atoms with Gasteiger partial charge < -0.3 is 19.3 Å². The third-order valence-corrected chi connectivity index (χ3v) is 5.51. The second kappa shape index (κ2) is 9.46. The third kappa shape index (κ3) is 5.08. The van der Waals surface area contributed by atoms with Gasteiger partial charge in [-0.15, -0.1) is 11.3 Å². The summed E-state index contributed by atoms with van der Waals surface area (Å²) < 4.78 is 10.2. The predicted octanol–water partition coefficient (Wildman–Crippen LogP) is 1.97. The molecule has 1 aliphatic rings. The molecule has 3 rings (SSSR count). The van der Waals surface area contributed by atoms with Gasteiger partial charge >= 0.3 is 12.1 Å². The molecule has 1 aliphatic heterocycles. The van der Waals surface area contributed by atoms with Crippen LogP contribution in [-0.4, -0.2) is 77.1 Å². The first-order chi connectivity index (χ1) is 14.0. The molecule has 0 bridgehead atoms. The number of piperazine rings is 1. The number of amides is 2. The van der Waals surface area contributed by atoms with Crippen molar-refractivity contribution in [3.05, 3.63) is 35.0 Å². The molecular formula is C19H22N4O5S. The summed E-state index contributed by atoms with van der Waals surface area (Å²) >= 11 is 1.18. The van der Waals surface area contributed by atoms with E-state index in [1.165, 1.54) is 11.3 Å². The Bertz CT molecular complexity index is 878. The second-order valence-corrected chi connectivity index (χ2v) is 7.29. The SMILES string of the molecule is CCOC(=O)N1CCN(C(=O)COC(=O)c2sc(-c3ccccn3)nc2C)CC1. The lowest BCUT2D eigenvalue weighted by atomic mass is 10.3. The fourth-order valence-corrected chi connectivity index (χ4v) is 3.76. The van der Waals surface area contributed by atoms with Crippen molar-refractivity contribution >= 4 is 29.3 Å². The average molecular weight is 418 g/mol. The maximum absolute atomic E-state index is 12.4. The highest BCUT2D eigenvalue weighted by Gasteiger charge is 2.26. The predicted molar refractivity (Wildman–Crippen MR) is 106 cm³/mol. The number of rotatable bonds is 5. The summed E-state index contributed by atoms with van der Waals surface area (Å²) in [5.41, 5.74) is 1.21. The molecule has 10 heteroatoms. The van der Waals surface area contributed by atoms with E-state index in [-0.39, 0.29) is 18.6 Å². The van der Waals surface area contributed by atoms with Gasteiger partial charge in [0.15, 0.2) is 6.61 Å². The minimum Gasteiger partial charge on any atom is -0.451 e. The number of carbonyl (C=O) groups excluding carboxylic acids is 3. The number of aromatic nitrogens is 2. The number of aryl methyl sites for hydroxylation is 1. The van der Waals surface area contributed by atoms with Gasteiger partial charge in [0.2, 0.25) is 0 Å². The van der Waals surface area contributed by atoms with Gasteiger partial charge in [0.1, 0.15) is 9.88 Å². The molecule has 3 heterocycles. The van der Waals surface area contributed by atoms with Crippen LogP contribution in [0.2, 0.25) is 0 Å². The lowest BCUT2D eigenvalue weighted by Crippen LogP contribution is -2.51. The van der Waals surface area contributed by atoms with Crippen LogP contribution in [0.25, 0.3) is 10.7 Å². The number of esters is 1. The van der Waals surface area contributed by atoms with Crippen molar-refractivity contribution in [1.29, 1.82) is 0 Å². The molecule has 0 spiro atoms. The molecule has 0 atom stereocenters. The Morgan fingerprint density at radius 2 is 1.83 bits per heavy atom. The Balaban J connectivity index is 1.52. The summed E-state index contributed by atoms with van der Waals surface area (Å²) in [6, 6.07) is 5.46. The molecule has 0 radical (unpaired) electrons. The highest BCUT2D eigenvalue weighted by molar-refractivity contribution is 7.17. The first-order valence-corrected chi connectivity index (χ1v) is 10.1. The normalized spacial score (nSPS) is 13.9. The smallest absolute Gasteiger partial charge is 0.409 e. The molecule has 154 valence electrons. The van der Waals surface area contributed by atoms with Crippen LogP contribution in [0.15, 0.2) is 24.4 Å². The molecule has 0 aromatic carbocycles. The Labute approximate surface area is 172 Å². The van der Waals surface area contributed by atoms with Gasteiger partial charge in [0.05, 0.1) is 18.0 Å². The number of hydrogen-bond acceptors (Lipinski definition) is 8. The number of hydrogen-bond donors (Lipinski definition) is 0. The number of pyridine rings is 1. The molecule has 0 saturated carbocycles. The van der Waals surface area contributed by atoms with Crippen LogP contribution < -0.4 is 0 Å². The van der Waals surface area contributed by atoms with E-state index in [9.17, 15) is 14.4 Å². The van der Waals surface area contributed by atoms with E-state index in [4.69, 9.17) is 9.47 Å². The number of ether oxygens (including phenoxy) is 2. The molecule has 2 aromatic heterocycles. The van der Waals surface area contributed by atoms with Gasteiger partial charge in [0.25, 0.3) is 5.91 Å². The second-order valence-electron chi connectivity index (χ2n) is 6.29. The zero-order chi connectivity index (χ0) is 20.8. The molecule has 0 aliphatic carbocycles. The molecular weight excluding hydrogens is 396 g/mol. The van der Waals surface area contributed by atoms with Crippen molar-refractivity contribution in [2.75, 3.05) is 39.4 Å². The summed E-state index contributed by atoms with van der Waals surface area (Å²) in [4.78, 5) is 48.5. The summed E-state index contributed by atoms with van der Waals surface area (Å²) in [7, 11) is 0. The van der Waals surface area contributed by atoms with Crippen LogP contribution in [0.5, 0.6) is 0 Å². The number of carbonyl (C=O) groups is 3. The monoisotopic (exact) mass is 418 g/mol. The highest BCUT2D eigenvalue weighted by Crippen LogP contribution is 2.26. The van der Waals surface area contributed by atoms with E-state index in [2.05, 4.69) is 9.97 Å². The van der Waals surface area contributed by atoms with Crippen molar-refractivity contribution in [2.24, 2.45) is 0 Å². The van der Waals surface area contributed by atoms with E-state index in [1.807, 2.05) is 12.1 Å². The minimum atomic E-state index is -0.583. The fourth-order valence-electron chi connectivity index (χ4n) is 2.82. The van der Waals surface area contributed by atoms with Crippen molar-refractivity contribution in [1.82, 2.24) is 19.8 Å². The van der Waals surface area contributed by atoms with Crippen molar-refractivity contribution in [3.8, 4) is 10.7 Å². The largest absolute Gasteiger partial charge is 0.451 e. The third-order valence-electron chi connectivity index (χ3n) is 4.35. The van der Waals surface area contributed by atoms with Gasteiger partial charge in [0, 0.05) is 32.4 Å². The van der Waals surface area contributed by atoms with Crippen LogP contribution in [0.4, 0.5) is 4.79 Å². The van der Waals surface area contributed by atoms with Crippen LogP contribution >= 0.6 is 11.3 Å². The molecule has 2 aromatic rings. The maximum atomic E-state index is 12.4. The van der Waals surface area contributed by atoms with Gasteiger partial charge in [-0.05, 0) is 26.0 Å². The van der Waals surface area contributed by atoms with Crippen molar-refractivity contribution in [3.63, 3.8) is 0 Å². The zero-order valence-corrected chi connectivity index (χ0v) is 17.1. The average Bonchev–Trinajstić information content (AvgIpc) is 3.14. The minimum absolute atomic E-state index is 0.297. The Hall–Kier alpha value is -3.01. The molecule has 0 unspecified atom stereocenters. The quantitative estimate of drug-likeness (QED) is 0.684. The fraction of sp³-hybridized carbons (Fsp3) is 0.421. The lowest BCUT2D eigenvalue weighted by molar-refractivity contribution is -0.136. The van der Waals surface area contributed by atoms with Crippen LogP contribution in [0, 0.1) is 6.92 Å². The highest BCUT2D eigenvalue weighted by atomic mass is 32.1. The van der Waals surface area contributed by atoms with Crippen LogP contribution in [0.1, 0.15) is 22.3 Å². The summed E-state index contributed by atoms with van der Waals surface area (Å²) in [5.74, 6) is -0.880. The molecule has 29 heavy (non-hydrogen) atoms. The summed E-state index contributed by atoms with van der Waals surface area (Å²) in [6.45, 7) is 4.95. The van der Waals surface area contributed by atoms with Crippen molar-refractivity contribution < 1.29 is 23.9 Å². The first-order valence-electron chi connectivity index (χ1n) is 9.25. The molecule has 0 N–H and O–H groups in total. The molecule has 2 amide bonds. The molecule has 1 fully saturated rings. The maximum Gasteiger partial charge on any atom is 0.409 e. The zero-order valence-electron chi connectivity index (χ0n) is 16.3. The molecule has 1 saturated heterocycles. The van der Waals surface area contributed by atoms with Crippen LogP contribution in [0.3, 0.4) is 0 Å². The van der Waals surface area contributed by atoms with Gasteiger partial charge in [-0.3, -0.25) is 9.78 Å². The summed E-state index contributed by atoms with van der Waals surface area (Å²) in [5, 5.41) is 0.622. The Morgan fingerprint density at radius 1 is 1.10 bits per heavy atom. The molecule has 9 nitrogen and oxygen atoms in total. The lowest BCUT2D eigenvalue weighted by Gasteiger charge is -2.33. The Kier molecular flexibility index (Phi) is 6.76. The Morgan fingerprint density at radius 3 is 2.48 bits per heavy atom. The van der Waals surface area contributed by atoms with Crippen molar-refractivity contribution in [2.45, 2.75) is 13.8 Å². The van der Waals surface area contributed by atoms with E-state index in [1.54, 1.807) is 35.9 Å². The van der Waals surface area contributed by atoms with E-state index in [0.717, 1.165) is 0 Å². The van der Waals surface area contributed by atoms with Crippen LogP contribution in [-0.2, 0) is 14.3 Å². The van der Waals surface area contributed by atoms with Gasteiger partial charge in [-0.1, -0.05) is 6.07 Å². The van der Waals surface area contributed by atoms with Gasteiger partial charge in [-0.2, -0.15) is 0 Å². The van der Waals surface area contributed by atoms with E-state index in [0.29, 0.717) is 54.1 Å².